The maximum absolute atomic E-state index is 13.0. The minimum Gasteiger partial charge on any atom is -0.503 e. The number of hydrogen-bond donors (Lipinski definition) is 1. The Morgan fingerprint density at radius 3 is 2.61 bits per heavy atom. The highest BCUT2D eigenvalue weighted by atomic mass is 16.3. The van der Waals surface area contributed by atoms with E-state index in [0.717, 1.165) is 5.56 Å². The molecule has 3 heterocycles. The van der Waals surface area contributed by atoms with Crippen LogP contribution in [0.5, 0.6) is 0 Å². The zero-order valence-electron chi connectivity index (χ0n) is 15.0. The number of aliphatic hydroxyl groups excluding tert-OH is 1. The minimum atomic E-state index is -0.720. The Morgan fingerprint density at radius 2 is 1.93 bits per heavy atom. The molecule has 0 saturated carbocycles. The van der Waals surface area contributed by atoms with Crippen molar-refractivity contribution in [3.8, 4) is 0 Å². The van der Waals surface area contributed by atoms with Gasteiger partial charge >= 0.3 is 0 Å². The van der Waals surface area contributed by atoms with Crippen LogP contribution in [0.1, 0.15) is 27.7 Å². The van der Waals surface area contributed by atoms with E-state index in [9.17, 15) is 14.7 Å². The molecule has 1 atom stereocenters. The van der Waals surface area contributed by atoms with Crippen LogP contribution in [0.15, 0.2) is 89.0 Å². The lowest BCUT2D eigenvalue weighted by Crippen LogP contribution is -2.33. The Hall–Kier alpha value is -3.67. The van der Waals surface area contributed by atoms with Gasteiger partial charge in [0.2, 0.25) is 5.78 Å². The summed E-state index contributed by atoms with van der Waals surface area (Å²) in [7, 11) is 0. The maximum Gasteiger partial charge on any atom is 0.290 e. The van der Waals surface area contributed by atoms with Crippen LogP contribution in [-0.2, 0) is 11.2 Å². The van der Waals surface area contributed by atoms with Crippen molar-refractivity contribution in [3.05, 3.63) is 101 Å². The van der Waals surface area contributed by atoms with Gasteiger partial charge < -0.3 is 14.4 Å². The van der Waals surface area contributed by atoms with Gasteiger partial charge in [-0.05, 0) is 35.7 Å². The lowest BCUT2D eigenvalue weighted by atomic mass is 9.96. The van der Waals surface area contributed by atoms with E-state index in [2.05, 4.69) is 4.98 Å². The molecule has 0 aliphatic carbocycles. The van der Waals surface area contributed by atoms with E-state index in [1.807, 2.05) is 30.3 Å². The number of nitrogens with zero attached hydrogens (tertiary/aromatic N) is 2. The first-order chi connectivity index (χ1) is 13.7. The van der Waals surface area contributed by atoms with Gasteiger partial charge in [0.1, 0.15) is 0 Å². The van der Waals surface area contributed by atoms with Gasteiger partial charge in [-0.1, -0.05) is 36.4 Å². The highest BCUT2D eigenvalue weighted by molar-refractivity contribution is 6.14. The van der Waals surface area contributed by atoms with Crippen molar-refractivity contribution in [1.29, 1.82) is 0 Å². The molecule has 1 aliphatic heterocycles. The van der Waals surface area contributed by atoms with Gasteiger partial charge in [0.25, 0.3) is 5.91 Å². The molecule has 6 heteroatoms. The summed E-state index contributed by atoms with van der Waals surface area (Å²) < 4.78 is 5.20. The van der Waals surface area contributed by atoms with Gasteiger partial charge in [-0.25, -0.2) is 0 Å². The van der Waals surface area contributed by atoms with Gasteiger partial charge in [-0.3, -0.25) is 14.6 Å². The molecule has 0 unspecified atom stereocenters. The molecule has 0 fully saturated rings. The highest BCUT2D eigenvalue weighted by Gasteiger charge is 2.44. The lowest BCUT2D eigenvalue weighted by Gasteiger charge is -2.26. The third kappa shape index (κ3) is 3.20. The van der Waals surface area contributed by atoms with Crippen molar-refractivity contribution < 1.29 is 19.1 Å². The molecular formula is C22H18N2O4. The third-order valence-electron chi connectivity index (χ3n) is 4.78. The molecule has 0 bridgehead atoms. The molecule has 0 radical (unpaired) electrons. The van der Waals surface area contributed by atoms with Crippen molar-refractivity contribution in [2.45, 2.75) is 12.5 Å². The molecule has 2 aromatic heterocycles. The average Bonchev–Trinajstić information content (AvgIpc) is 3.36. The molecule has 140 valence electrons. The monoisotopic (exact) mass is 374 g/mol. The van der Waals surface area contributed by atoms with Gasteiger partial charge in [0, 0.05) is 18.9 Å². The van der Waals surface area contributed by atoms with Crippen LogP contribution in [0.3, 0.4) is 0 Å². The number of Topliss-reactive ketones (excluding diaryl/α,β-unsaturated/α-hetero) is 1. The highest BCUT2D eigenvalue weighted by Crippen LogP contribution is 2.38. The van der Waals surface area contributed by atoms with Crippen LogP contribution in [0, 0.1) is 0 Å². The number of carbonyl (C=O) groups is 2. The van der Waals surface area contributed by atoms with Gasteiger partial charge in [0.15, 0.2) is 11.5 Å². The molecule has 28 heavy (non-hydrogen) atoms. The fourth-order valence-electron chi connectivity index (χ4n) is 3.44. The van der Waals surface area contributed by atoms with E-state index in [1.165, 1.54) is 17.2 Å². The number of aromatic nitrogens is 1. The number of rotatable bonds is 6. The first-order valence-electron chi connectivity index (χ1n) is 8.93. The fraction of sp³-hybridized carbons (Fsp3) is 0.136. The van der Waals surface area contributed by atoms with Gasteiger partial charge in [-0.2, -0.15) is 0 Å². The first kappa shape index (κ1) is 17.7. The largest absolute Gasteiger partial charge is 0.503 e. The Bertz CT molecular complexity index is 1010. The number of pyridine rings is 1. The zero-order valence-corrected chi connectivity index (χ0v) is 15.0. The van der Waals surface area contributed by atoms with E-state index in [0.29, 0.717) is 18.5 Å². The third-order valence-corrected chi connectivity index (χ3v) is 4.78. The van der Waals surface area contributed by atoms with E-state index < -0.39 is 23.5 Å². The number of carbonyl (C=O) groups excluding carboxylic acids is 2. The van der Waals surface area contributed by atoms with Crippen LogP contribution in [0.2, 0.25) is 0 Å². The summed E-state index contributed by atoms with van der Waals surface area (Å²) in [4.78, 5) is 31.4. The summed E-state index contributed by atoms with van der Waals surface area (Å²) in [6.45, 7) is 0.349. The maximum atomic E-state index is 13.0. The van der Waals surface area contributed by atoms with E-state index in [1.54, 1.807) is 30.6 Å². The summed E-state index contributed by atoms with van der Waals surface area (Å²) in [6.07, 6.45) is 5.19. The summed E-state index contributed by atoms with van der Waals surface area (Å²) >= 11 is 0. The van der Waals surface area contributed by atoms with E-state index >= 15 is 0 Å². The first-order valence-corrected chi connectivity index (χ1v) is 8.93. The Morgan fingerprint density at radius 1 is 1.11 bits per heavy atom. The molecule has 1 N–H and O–H groups in total. The van der Waals surface area contributed by atoms with Gasteiger partial charge in [0.05, 0.1) is 17.9 Å². The molecule has 6 nitrogen and oxygen atoms in total. The lowest BCUT2D eigenvalue weighted by molar-refractivity contribution is -0.129. The summed E-state index contributed by atoms with van der Waals surface area (Å²) in [5.41, 5.74) is 1.73. The molecule has 1 aromatic carbocycles. The second-order valence-electron chi connectivity index (χ2n) is 6.49. The molecule has 4 rings (SSSR count). The van der Waals surface area contributed by atoms with E-state index in [4.69, 9.17) is 4.42 Å². The van der Waals surface area contributed by atoms with Crippen molar-refractivity contribution in [2.24, 2.45) is 0 Å². The fourth-order valence-corrected chi connectivity index (χ4v) is 3.44. The topological polar surface area (TPSA) is 83.6 Å². The predicted octanol–water partition coefficient (Wildman–Crippen LogP) is 3.50. The van der Waals surface area contributed by atoms with Crippen LogP contribution in [0.4, 0.5) is 0 Å². The molecule has 0 spiro atoms. The predicted molar refractivity (Wildman–Crippen MR) is 102 cm³/mol. The zero-order chi connectivity index (χ0) is 19.5. The Labute approximate surface area is 161 Å². The standard InChI is InChI=1S/C22H18N2O4/c25-20(17-9-5-13-28-17)18-19(16-8-4-11-23-14-16)24(22(27)21(18)26)12-10-15-6-2-1-3-7-15/h1-9,11,13-14,19,26H,10,12H2/t19-/m0/s1. The van der Waals surface area contributed by atoms with E-state index in [-0.39, 0.29) is 11.3 Å². The SMILES string of the molecule is O=C(C1=C(O)C(=O)N(CCc2ccccc2)[C@H]1c1cccnc1)c1ccco1. The number of furan rings is 1. The van der Waals surface area contributed by atoms with Crippen LogP contribution in [0.25, 0.3) is 0 Å². The molecule has 1 amide bonds. The smallest absolute Gasteiger partial charge is 0.290 e. The number of ketones is 1. The Balaban J connectivity index is 1.70. The second-order valence-corrected chi connectivity index (χ2v) is 6.49. The van der Waals surface area contributed by atoms with Crippen LogP contribution in [-0.4, -0.2) is 33.2 Å². The quantitative estimate of drug-likeness (QED) is 0.668. The summed E-state index contributed by atoms with van der Waals surface area (Å²) in [6, 6.07) is 15.6. The van der Waals surface area contributed by atoms with Crippen molar-refractivity contribution >= 4 is 11.7 Å². The number of benzene rings is 1. The van der Waals surface area contributed by atoms with Crippen LogP contribution < -0.4 is 0 Å². The molecular weight excluding hydrogens is 356 g/mol. The van der Waals surface area contributed by atoms with Gasteiger partial charge in [-0.15, -0.1) is 0 Å². The summed E-state index contributed by atoms with van der Waals surface area (Å²) in [5.74, 6) is -1.54. The minimum absolute atomic E-state index is 0.0148. The molecule has 3 aromatic rings. The van der Waals surface area contributed by atoms with Crippen molar-refractivity contribution in [2.75, 3.05) is 6.54 Å². The summed E-state index contributed by atoms with van der Waals surface area (Å²) in [5, 5.41) is 10.5. The van der Waals surface area contributed by atoms with Crippen molar-refractivity contribution in [3.63, 3.8) is 0 Å². The van der Waals surface area contributed by atoms with Crippen LogP contribution >= 0.6 is 0 Å². The number of aliphatic hydroxyl groups is 1. The normalized spacial score (nSPS) is 16.6. The molecule has 0 saturated heterocycles. The number of amides is 1. The number of hydrogen-bond acceptors (Lipinski definition) is 5. The van der Waals surface area contributed by atoms with Crippen molar-refractivity contribution in [1.82, 2.24) is 9.88 Å². The molecule has 1 aliphatic rings. The average molecular weight is 374 g/mol. The second kappa shape index (κ2) is 7.52. The Kier molecular flexibility index (Phi) is 4.76.